The zero-order valence-corrected chi connectivity index (χ0v) is 18.8. The Balaban J connectivity index is 1.39. The van der Waals surface area contributed by atoms with Crippen LogP contribution >= 0.6 is 0 Å². The highest BCUT2D eigenvalue weighted by molar-refractivity contribution is 5.97. The fraction of sp³-hybridized carbons (Fsp3) is 0.444. The summed E-state index contributed by atoms with van der Waals surface area (Å²) < 4.78 is 0. The van der Waals surface area contributed by atoms with Crippen molar-refractivity contribution in [3.8, 4) is 0 Å². The number of carbonyl (C=O) groups is 1. The highest BCUT2D eigenvalue weighted by atomic mass is 16.3. The highest BCUT2D eigenvalue weighted by Gasteiger charge is 2.19. The van der Waals surface area contributed by atoms with Crippen molar-refractivity contribution >= 4 is 16.8 Å². The Bertz CT molecular complexity index is 1030. The van der Waals surface area contributed by atoms with E-state index in [4.69, 9.17) is 4.98 Å². The van der Waals surface area contributed by atoms with Crippen LogP contribution in [0.1, 0.15) is 79.7 Å². The lowest BCUT2D eigenvalue weighted by atomic mass is 9.84. The summed E-state index contributed by atoms with van der Waals surface area (Å²) in [6, 6.07) is 15.7. The molecule has 1 amide bonds. The lowest BCUT2D eigenvalue weighted by molar-refractivity contribution is 0.0935. The molecule has 1 atom stereocenters. The van der Waals surface area contributed by atoms with E-state index in [1.165, 1.54) is 0 Å². The van der Waals surface area contributed by atoms with E-state index in [-0.39, 0.29) is 18.1 Å². The molecule has 1 aromatic heterocycles. The average Bonchev–Trinajstić information content (AvgIpc) is 2.83. The predicted octanol–water partition coefficient (Wildman–Crippen LogP) is 5.38. The van der Waals surface area contributed by atoms with E-state index in [1.54, 1.807) is 0 Å². The Hall–Kier alpha value is -2.79. The summed E-state index contributed by atoms with van der Waals surface area (Å²) in [6.45, 7) is 2.08. The minimum atomic E-state index is -0.0956. The van der Waals surface area contributed by atoms with Gasteiger partial charge in [0.1, 0.15) is 5.82 Å². The smallest absolute Gasteiger partial charge is 0.251 e. The molecule has 1 heterocycles. The van der Waals surface area contributed by atoms with Gasteiger partial charge in [-0.05, 0) is 62.1 Å². The van der Waals surface area contributed by atoms with Crippen LogP contribution in [0, 0.1) is 5.92 Å². The number of aromatic nitrogens is 2. The molecule has 0 spiro atoms. The molecule has 1 aliphatic carbocycles. The Morgan fingerprint density at radius 2 is 1.91 bits per heavy atom. The maximum absolute atomic E-state index is 12.9. The molecular weight excluding hydrogens is 398 g/mol. The van der Waals surface area contributed by atoms with E-state index in [0.29, 0.717) is 11.5 Å². The molecule has 0 radical (unpaired) electrons. The summed E-state index contributed by atoms with van der Waals surface area (Å²) in [5.74, 6) is 1.47. The van der Waals surface area contributed by atoms with Crippen LogP contribution in [-0.4, -0.2) is 27.1 Å². The Morgan fingerprint density at radius 1 is 1.12 bits per heavy atom. The number of aryl methyl sites for hydroxylation is 1. The molecule has 3 aromatic rings. The van der Waals surface area contributed by atoms with E-state index in [1.807, 2.05) is 54.7 Å². The fourth-order valence-electron chi connectivity index (χ4n) is 4.65. The van der Waals surface area contributed by atoms with Crippen LogP contribution in [-0.2, 0) is 6.42 Å². The highest BCUT2D eigenvalue weighted by Crippen LogP contribution is 2.28. The summed E-state index contributed by atoms with van der Waals surface area (Å²) in [5.41, 5.74) is 2.55. The van der Waals surface area contributed by atoms with E-state index in [2.05, 4.69) is 17.2 Å². The Labute approximate surface area is 190 Å². The second kappa shape index (κ2) is 10.7. The largest absolute Gasteiger partial charge is 0.393 e. The van der Waals surface area contributed by atoms with Gasteiger partial charge < -0.3 is 10.4 Å². The summed E-state index contributed by atoms with van der Waals surface area (Å²) in [6.07, 6.45) is 9.77. The van der Waals surface area contributed by atoms with Gasteiger partial charge in [0.05, 0.1) is 17.7 Å². The van der Waals surface area contributed by atoms with Gasteiger partial charge in [-0.15, -0.1) is 0 Å². The number of amides is 1. The standard InChI is InChI=1S/C27H33N3O2/c1-2-24(20-8-4-3-5-9-20)30-27(32)21-13-14-22-18-28-26(29-25(22)17-21)10-6-7-19-11-15-23(31)16-12-19/h3-5,8-9,13-14,17-19,23-24,31H,2,6-7,10-12,15-16H2,1H3,(H,30,32)/t19?,23?,24-/m1/s1. The van der Waals surface area contributed by atoms with Crippen molar-refractivity contribution in [3.63, 3.8) is 0 Å². The number of carbonyl (C=O) groups excluding carboxylic acids is 1. The fourth-order valence-corrected chi connectivity index (χ4v) is 4.65. The van der Waals surface area contributed by atoms with Crippen molar-refractivity contribution in [2.45, 2.75) is 70.4 Å². The molecule has 0 saturated heterocycles. The molecule has 1 aliphatic rings. The molecule has 2 N–H and O–H groups in total. The summed E-state index contributed by atoms with van der Waals surface area (Å²) in [7, 11) is 0. The van der Waals surface area contributed by atoms with E-state index in [9.17, 15) is 9.90 Å². The first-order valence-electron chi connectivity index (χ1n) is 11.9. The molecule has 1 saturated carbocycles. The third-order valence-corrected chi connectivity index (χ3v) is 6.64. The molecule has 0 bridgehead atoms. The van der Waals surface area contributed by atoms with Gasteiger partial charge in [0.2, 0.25) is 0 Å². The number of nitrogens with one attached hydrogen (secondary N) is 1. The number of rotatable bonds is 8. The lowest BCUT2D eigenvalue weighted by Gasteiger charge is -2.25. The predicted molar refractivity (Wildman–Crippen MR) is 127 cm³/mol. The van der Waals surface area contributed by atoms with Crippen LogP contribution in [0.15, 0.2) is 54.7 Å². The molecule has 2 aromatic carbocycles. The SMILES string of the molecule is CC[C@@H](NC(=O)c1ccc2cnc(CCCC3CCC(O)CC3)nc2c1)c1ccccc1. The Morgan fingerprint density at radius 3 is 2.66 bits per heavy atom. The first kappa shape index (κ1) is 22.4. The van der Waals surface area contributed by atoms with Crippen molar-refractivity contribution in [1.82, 2.24) is 15.3 Å². The number of nitrogens with zero attached hydrogens (tertiary/aromatic N) is 2. The molecule has 4 rings (SSSR count). The minimum Gasteiger partial charge on any atom is -0.393 e. The number of benzene rings is 2. The quantitative estimate of drug-likeness (QED) is 0.502. The minimum absolute atomic E-state index is 0.0127. The van der Waals surface area contributed by atoms with Crippen molar-refractivity contribution in [1.29, 1.82) is 0 Å². The molecular formula is C27H33N3O2. The number of hydrogen-bond acceptors (Lipinski definition) is 4. The van der Waals surface area contributed by atoms with E-state index in [0.717, 1.165) is 73.7 Å². The van der Waals surface area contributed by atoms with Crippen molar-refractivity contribution in [2.24, 2.45) is 5.92 Å². The molecule has 168 valence electrons. The molecule has 32 heavy (non-hydrogen) atoms. The van der Waals surface area contributed by atoms with Gasteiger partial charge in [0.15, 0.2) is 0 Å². The van der Waals surface area contributed by atoms with Gasteiger partial charge in [0, 0.05) is 23.6 Å². The second-order valence-electron chi connectivity index (χ2n) is 8.97. The van der Waals surface area contributed by atoms with Crippen LogP contribution in [0.5, 0.6) is 0 Å². The van der Waals surface area contributed by atoms with Gasteiger partial charge in [-0.2, -0.15) is 0 Å². The lowest BCUT2D eigenvalue weighted by Crippen LogP contribution is -2.28. The third kappa shape index (κ3) is 5.71. The molecule has 1 fully saturated rings. The van der Waals surface area contributed by atoms with Crippen molar-refractivity contribution < 1.29 is 9.90 Å². The topological polar surface area (TPSA) is 75.1 Å². The summed E-state index contributed by atoms with van der Waals surface area (Å²) in [5, 5.41) is 13.8. The van der Waals surface area contributed by atoms with Gasteiger partial charge in [-0.3, -0.25) is 4.79 Å². The number of fused-ring (bicyclic) bond motifs is 1. The average molecular weight is 432 g/mol. The summed E-state index contributed by atoms with van der Waals surface area (Å²) in [4.78, 5) is 22.2. The first-order valence-corrected chi connectivity index (χ1v) is 11.9. The third-order valence-electron chi connectivity index (χ3n) is 6.64. The zero-order valence-electron chi connectivity index (χ0n) is 18.8. The first-order chi connectivity index (χ1) is 15.6. The number of hydrogen-bond donors (Lipinski definition) is 2. The molecule has 5 heteroatoms. The Kier molecular flexibility index (Phi) is 7.48. The monoisotopic (exact) mass is 431 g/mol. The number of aliphatic hydroxyl groups excluding tert-OH is 1. The summed E-state index contributed by atoms with van der Waals surface area (Å²) >= 11 is 0. The normalized spacial score (nSPS) is 19.6. The molecule has 5 nitrogen and oxygen atoms in total. The van der Waals surface area contributed by atoms with Crippen LogP contribution < -0.4 is 5.32 Å². The van der Waals surface area contributed by atoms with Gasteiger partial charge in [0.25, 0.3) is 5.91 Å². The molecule has 0 unspecified atom stereocenters. The van der Waals surface area contributed by atoms with Crippen molar-refractivity contribution in [3.05, 3.63) is 71.7 Å². The van der Waals surface area contributed by atoms with E-state index >= 15 is 0 Å². The van der Waals surface area contributed by atoms with Gasteiger partial charge >= 0.3 is 0 Å². The van der Waals surface area contributed by atoms with Crippen LogP contribution in [0.4, 0.5) is 0 Å². The van der Waals surface area contributed by atoms with Gasteiger partial charge in [-0.25, -0.2) is 9.97 Å². The van der Waals surface area contributed by atoms with Crippen molar-refractivity contribution in [2.75, 3.05) is 0 Å². The van der Waals surface area contributed by atoms with Gasteiger partial charge in [-0.1, -0.05) is 49.7 Å². The van der Waals surface area contributed by atoms with E-state index < -0.39 is 0 Å². The maximum Gasteiger partial charge on any atom is 0.251 e. The number of aliphatic hydroxyl groups is 1. The maximum atomic E-state index is 12.9. The zero-order chi connectivity index (χ0) is 22.3. The molecule has 0 aliphatic heterocycles. The van der Waals surface area contributed by atoms with Crippen LogP contribution in [0.3, 0.4) is 0 Å². The second-order valence-corrected chi connectivity index (χ2v) is 8.97. The van der Waals surface area contributed by atoms with Crippen LogP contribution in [0.25, 0.3) is 10.9 Å². The van der Waals surface area contributed by atoms with Crippen LogP contribution in [0.2, 0.25) is 0 Å².